The molecule has 4 heteroatoms. The van der Waals surface area contributed by atoms with Crippen LogP contribution in [-0.2, 0) is 5.41 Å². The first-order valence-corrected chi connectivity index (χ1v) is 14.4. The maximum atomic E-state index is 6.39. The number of rotatable bonds is 1. The van der Waals surface area contributed by atoms with Crippen LogP contribution in [0.1, 0.15) is 26.3 Å². The topological polar surface area (TPSA) is 0 Å². The van der Waals surface area contributed by atoms with Crippen molar-refractivity contribution in [2.75, 3.05) is 0 Å². The lowest BCUT2D eigenvalue weighted by molar-refractivity contribution is 0.592. The highest BCUT2D eigenvalue weighted by molar-refractivity contribution is 7.69. The van der Waals surface area contributed by atoms with Gasteiger partial charge in [-0.15, -0.1) is 33.2 Å². The van der Waals surface area contributed by atoms with E-state index in [4.69, 9.17) is 33.2 Å². The summed E-state index contributed by atoms with van der Waals surface area (Å²) in [5.41, 5.74) is 1.43. The highest BCUT2D eigenvalue weighted by Gasteiger charge is 2.29. The third-order valence-corrected chi connectivity index (χ3v) is 8.63. The average molecular weight is 442 g/mol. The van der Waals surface area contributed by atoms with E-state index < -0.39 is 6.00 Å². The van der Waals surface area contributed by atoms with Gasteiger partial charge in [0.2, 0.25) is 0 Å². The van der Waals surface area contributed by atoms with E-state index in [0.29, 0.717) is 0 Å². The summed E-state index contributed by atoms with van der Waals surface area (Å²) in [6, 6.07) is 18.8. The SMILES string of the molecule is CC(C)(C)c1cc2cccc3c4cc([Si](Cl)(Cl)Cl)cc5cccc(c(c1)c23)c54. The minimum absolute atomic E-state index is 0.0831. The second kappa shape index (κ2) is 6.00. The fourth-order valence-corrected chi connectivity index (χ4v) is 5.94. The molecule has 0 aliphatic heterocycles. The molecule has 5 rings (SSSR count). The molecule has 0 bridgehead atoms. The van der Waals surface area contributed by atoms with Gasteiger partial charge in [-0.1, -0.05) is 75.4 Å². The number of benzene rings is 5. The molecule has 0 aliphatic carbocycles. The van der Waals surface area contributed by atoms with E-state index in [-0.39, 0.29) is 5.41 Å². The molecule has 0 aromatic heterocycles. The van der Waals surface area contributed by atoms with Gasteiger partial charge < -0.3 is 0 Å². The van der Waals surface area contributed by atoms with Crippen LogP contribution in [-0.4, -0.2) is 6.00 Å². The van der Waals surface area contributed by atoms with Crippen molar-refractivity contribution in [2.24, 2.45) is 0 Å². The molecule has 140 valence electrons. The lowest BCUT2D eigenvalue weighted by atomic mass is 9.82. The molecule has 0 unspecified atom stereocenters. The molecule has 0 N–H and O–H groups in total. The molecule has 5 aromatic carbocycles. The lowest BCUT2D eigenvalue weighted by Crippen LogP contribution is -2.29. The zero-order valence-corrected chi connectivity index (χ0v) is 19.2. The van der Waals surface area contributed by atoms with Crippen LogP contribution in [0, 0.1) is 0 Å². The van der Waals surface area contributed by atoms with Crippen LogP contribution < -0.4 is 5.19 Å². The zero-order valence-electron chi connectivity index (χ0n) is 15.9. The highest BCUT2D eigenvalue weighted by atomic mass is 35.8. The predicted octanol–water partition coefficient (Wildman–Crippen LogP) is 7.90. The van der Waals surface area contributed by atoms with E-state index in [1.165, 1.54) is 43.3 Å². The van der Waals surface area contributed by atoms with Gasteiger partial charge in [0, 0.05) is 0 Å². The van der Waals surface area contributed by atoms with Crippen molar-refractivity contribution in [3.8, 4) is 0 Å². The van der Waals surface area contributed by atoms with E-state index >= 15 is 0 Å². The molecule has 0 radical (unpaired) electrons. The Balaban J connectivity index is 2.08. The largest absolute Gasteiger partial charge is 0.372 e. The third kappa shape index (κ3) is 2.72. The van der Waals surface area contributed by atoms with Crippen LogP contribution in [0.15, 0.2) is 60.7 Å². The van der Waals surface area contributed by atoms with E-state index in [9.17, 15) is 0 Å². The lowest BCUT2D eigenvalue weighted by Gasteiger charge is -2.23. The number of fused-ring (bicyclic) bond motifs is 2. The Morgan fingerprint density at radius 1 is 0.643 bits per heavy atom. The van der Waals surface area contributed by atoms with Crippen molar-refractivity contribution < 1.29 is 0 Å². The van der Waals surface area contributed by atoms with Gasteiger partial charge in [-0.3, -0.25) is 0 Å². The van der Waals surface area contributed by atoms with Gasteiger partial charge in [-0.2, -0.15) is 0 Å². The molecule has 0 atom stereocenters. The molecular formula is C24H19Cl3Si. The minimum atomic E-state index is -2.98. The molecule has 0 saturated carbocycles. The molecule has 0 heterocycles. The molecule has 0 amide bonds. The highest BCUT2D eigenvalue weighted by Crippen LogP contribution is 2.42. The average Bonchev–Trinajstić information content (AvgIpc) is 2.63. The summed E-state index contributed by atoms with van der Waals surface area (Å²) in [7, 11) is 0. The van der Waals surface area contributed by atoms with E-state index in [2.05, 4.69) is 81.4 Å². The number of hydrogen-bond acceptors (Lipinski definition) is 0. The van der Waals surface area contributed by atoms with Crippen molar-refractivity contribution in [1.29, 1.82) is 0 Å². The van der Waals surface area contributed by atoms with E-state index in [1.807, 2.05) is 0 Å². The quantitative estimate of drug-likeness (QED) is 0.107. The van der Waals surface area contributed by atoms with E-state index in [0.717, 1.165) is 10.6 Å². The molecular weight excluding hydrogens is 423 g/mol. The van der Waals surface area contributed by atoms with E-state index in [1.54, 1.807) is 0 Å². The Bertz CT molecular complexity index is 1270. The summed E-state index contributed by atoms with van der Waals surface area (Å²) in [6.07, 6.45) is 0. The standard InChI is InChI=1S/C24H19Cl3Si/c1-24(2,3)16-10-14-6-4-9-19-21-13-17(28(25,26)27)11-15-7-5-8-18(23(15)21)20(12-16)22(14)19/h4-13H,1-3H3. The monoisotopic (exact) mass is 440 g/mol. The van der Waals surface area contributed by atoms with Crippen LogP contribution in [0.2, 0.25) is 0 Å². The predicted molar refractivity (Wildman–Crippen MR) is 129 cm³/mol. The van der Waals surface area contributed by atoms with Crippen LogP contribution in [0.3, 0.4) is 0 Å². The number of hydrogen-bond donors (Lipinski definition) is 0. The van der Waals surface area contributed by atoms with Crippen LogP contribution in [0.4, 0.5) is 0 Å². The first-order valence-electron chi connectivity index (χ1n) is 9.36. The third-order valence-electron chi connectivity index (χ3n) is 5.73. The molecule has 5 aromatic rings. The molecule has 0 aliphatic rings. The Morgan fingerprint density at radius 3 is 1.71 bits per heavy atom. The summed E-state index contributed by atoms with van der Waals surface area (Å²) in [6.45, 7) is 6.79. The summed E-state index contributed by atoms with van der Waals surface area (Å²) < 4.78 is 0. The maximum Gasteiger partial charge on any atom is 0.372 e. The molecule has 0 nitrogen and oxygen atoms in total. The summed E-state index contributed by atoms with van der Waals surface area (Å²) in [5.74, 6) is 0. The van der Waals surface area contributed by atoms with Crippen molar-refractivity contribution in [3.63, 3.8) is 0 Å². The Hall–Kier alpha value is -1.51. The van der Waals surface area contributed by atoms with Gasteiger partial charge in [0.1, 0.15) is 0 Å². The Labute approximate surface area is 179 Å². The maximum absolute atomic E-state index is 6.39. The molecule has 0 spiro atoms. The first-order chi connectivity index (χ1) is 13.1. The van der Waals surface area contributed by atoms with Gasteiger partial charge in [0.15, 0.2) is 0 Å². The number of halogens is 3. The summed E-state index contributed by atoms with van der Waals surface area (Å²) >= 11 is 19.2. The zero-order chi connectivity index (χ0) is 19.8. The van der Waals surface area contributed by atoms with Crippen LogP contribution in [0.25, 0.3) is 43.1 Å². The summed E-state index contributed by atoms with van der Waals surface area (Å²) in [4.78, 5) is 0. The van der Waals surface area contributed by atoms with Crippen molar-refractivity contribution in [1.82, 2.24) is 0 Å². The smallest absolute Gasteiger partial charge is 0.121 e. The molecule has 0 fully saturated rings. The normalized spacial score (nSPS) is 13.4. The van der Waals surface area contributed by atoms with Crippen LogP contribution in [0.5, 0.6) is 0 Å². The van der Waals surface area contributed by atoms with Gasteiger partial charge >= 0.3 is 6.00 Å². The first kappa shape index (κ1) is 18.5. The molecule has 0 saturated heterocycles. The van der Waals surface area contributed by atoms with Gasteiger partial charge in [0.25, 0.3) is 0 Å². The van der Waals surface area contributed by atoms with Crippen molar-refractivity contribution >= 4 is 87.5 Å². The molecule has 28 heavy (non-hydrogen) atoms. The van der Waals surface area contributed by atoms with Gasteiger partial charge in [0.05, 0.1) is 0 Å². The van der Waals surface area contributed by atoms with Crippen molar-refractivity contribution in [3.05, 3.63) is 66.2 Å². The van der Waals surface area contributed by atoms with Crippen molar-refractivity contribution in [2.45, 2.75) is 26.2 Å². The van der Waals surface area contributed by atoms with Gasteiger partial charge in [-0.05, 0) is 65.3 Å². The Kier molecular flexibility index (Phi) is 3.96. The second-order valence-corrected chi connectivity index (χ2v) is 17.0. The second-order valence-electron chi connectivity index (χ2n) is 8.60. The van der Waals surface area contributed by atoms with Gasteiger partial charge in [-0.25, -0.2) is 0 Å². The fourth-order valence-electron chi connectivity index (χ4n) is 4.33. The fraction of sp³-hybridized carbons (Fsp3) is 0.167. The minimum Gasteiger partial charge on any atom is -0.121 e. The summed E-state index contributed by atoms with van der Waals surface area (Å²) in [5, 5.41) is 10.7. The van der Waals surface area contributed by atoms with Crippen LogP contribution >= 0.6 is 33.2 Å². The Morgan fingerprint density at radius 2 is 1.18 bits per heavy atom.